The molecule has 0 radical (unpaired) electrons. The topological polar surface area (TPSA) is 32.7 Å². The van der Waals surface area contributed by atoms with Crippen molar-refractivity contribution in [2.45, 2.75) is 6.10 Å². The molecule has 3 heteroatoms. The first kappa shape index (κ1) is 12.7. The summed E-state index contributed by atoms with van der Waals surface area (Å²) in [6, 6.07) is 7.71. The minimum atomic E-state index is -0.433. The van der Waals surface area contributed by atoms with Crippen molar-refractivity contribution in [2.75, 3.05) is 27.7 Å². The smallest absolute Gasteiger partial charge is 0.118 e. The van der Waals surface area contributed by atoms with Crippen molar-refractivity contribution in [2.24, 2.45) is 0 Å². The summed E-state index contributed by atoms with van der Waals surface area (Å²) in [6.07, 6.45) is 3.27. The predicted molar refractivity (Wildman–Crippen MR) is 66.6 cm³/mol. The number of ether oxygens (including phenoxy) is 1. The fraction of sp³-hybridized carbons (Fsp3) is 0.385. The standard InChI is InChI=1S/C13H19NO2/c1-14(2)10-12(15)7-4-11-5-8-13(16-3)9-6-11/h4-9,12,15H,10H2,1-3H3/b7-4-. The predicted octanol–water partition coefficient (Wildman–Crippen LogP) is 1.63. The Morgan fingerprint density at radius 3 is 2.44 bits per heavy atom. The Labute approximate surface area is 97.0 Å². The highest BCUT2D eigenvalue weighted by molar-refractivity contribution is 5.51. The van der Waals surface area contributed by atoms with Gasteiger partial charge in [-0.25, -0.2) is 0 Å². The Balaban J connectivity index is 2.55. The van der Waals surface area contributed by atoms with Gasteiger partial charge in [-0.3, -0.25) is 0 Å². The Kier molecular flexibility index (Phi) is 5.02. The highest BCUT2D eigenvalue weighted by atomic mass is 16.5. The van der Waals surface area contributed by atoms with Crippen molar-refractivity contribution in [3.05, 3.63) is 35.9 Å². The minimum Gasteiger partial charge on any atom is -0.497 e. The lowest BCUT2D eigenvalue weighted by atomic mass is 10.2. The first-order chi connectivity index (χ1) is 7.61. The summed E-state index contributed by atoms with van der Waals surface area (Å²) in [7, 11) is 5.51. The molecule has 1 rings (SSSR count). The number of hydrogen-bond acceptors (Lipinski definition) is 3. The van der Waals surface area contributed by atoms with Gasteiger partial charge in [0.2, 0.25) is 0 Å². The Morgan fingerprint density at radius 1 is 1.31 bits per heavy atom. The van der Waals surface area contributed by atoms with Gasteiger partial charge in [0, 0.05) is 6.54 Å². The molecule has 1 aromatic carbocycles. The second kappa shape index (κ2) is 6.30. The maximum atomic E-state index is 9.63. The second-order valence-electron chi connectivity index (χ2n) is 3.96. The van der Waals surface area contributed by atoms with Gasteiger partial charge in [0.15, 0.2) is 0 Å². The highest BCUT2D eigenvalue weighted by Gasteiger charge is 1.99. The molecule has 1 N–H and O–H groups in total. The summed E-state index contributed by atoms with van der Waals surface area (Å²) >= 11 is 0. The van der Waals surface area contributed by atoms with Crippen molar-refractivity contribution >= 4 is 6.08 Å². The molecule has 0 saturated heterocycles. The summed E-state index contributed by atoms with van der Waals surface area (Å²) in [5.41, 5.74) is 1.05. The SMILES string of the molecule is COc1ccc(/C=C\C(O)CN(C)C)cc1. The van der Waals surface area contributed by atoms with E-state index in [4.69, 9.17) is 4.74 Å². The van der Waals surface area contributed by atoms with Crippen molar-refractivity contribution in [1.82, 2.24) is 4.90 Å². The van der Waals surface area contributed by atoms with Gasteiger partial charge in [0.25, 0.3) is 0 Å². The number of aliphatic hydroxyl groups excluding tert-OH is 1. The van der Waals surface area contributed by atoms with E-state index in [1.807, 2.05) is 49.3 Å². The number of rotatable bonds is 5. The normalized spacial score (nSPS) is 13.3. The Hall–Kier alpha value is -1.32. The van der Waals surface area contributed by atoms with Crippen LogP contribution in [0.3, 0.4) is 0 Å². The van der Waals surface area contributed by atoms with Gasteiger partial charge in [-0.05, 0) is 31.8 Å². The van der Waals surface area contributed by atoms with Gasteiger partial charge in [-0.2, -0.15) is 0 Å². The molecule has 1 atom stereocenters. The fourth-order valence-corrected chi connectivity index (χ4v) is 1.37. The molecule has 1 aromatic rings. The fourth-order valence-electron chi connectivity index (χ4n) is 1.37. The quantitative estimate of drug-likeness (QED) is 0.820. The van der Waals surface area contributed by atoms with Crippen LogP contribution in [0.25, 0.3) is 6.08 Å². The van der Waals surface area contributed by atoms with E-state index >= 15 is 0 Å². The van der Waals surface area contributed by atoms with E-state index in [1.54, 1.807) is 13.2 Å². The van der Waals surface area contributed by atoms with Gasteiger partial charge < -0.3 is 14.7 Å². The van der Waals surface area contributed by atoms with Crippen LogP contribution in [0, 0.1) is 0 Å². The van der Waals surface area contributed by atoms with Crippen molar-refractivity contribution < 1.29 is 9.84 Å². The van der Waals surface area contributed by atoms with Crippen molar-refractivity contribution in [1.29, 1.82) is 0 Å². The van der Waals surface area contributed by atoms with Crippen LogP contribution in [0.1, 0.15) is 5.56 Å². The lowest BCUT2D eigenvalue weighted by molar-refractivity contribution is 0.179. The number of aliphatic hydroxyl groups is 1. The third-order valence-electron chi connectivity index (χ3n) is 2.18. The summed E-state index contributed by atoms with van der Waals surface area (Å²) in [6.45, 7) is 0.632. The molecule has 0 aliphatic rings. The molecule has 0 saturated carbocycles. The largest absolute Gasteiger partial charge is 0.497 e. The number of methoxy groups -OCH3 is 1. The molecule has 0 heterocycles. The van der Waals surface area contributed by atoms with Crippen LogP contribution in [0.15, 0.2) is 30.3 Å². The maximum Gasteiger partial charge on any atom is 0.118 e. The zero-order chi connectivity index (χ0) is 12.0. The van der Waals surface area contributed by atoms with E-state index < -0.39 is 6.10 Å². The molecule has 0 aromatic heterocycles. The summed E-state index contributed by atoms with van der Waals surface area (Å²) in [4.78, 5) is 1.95. The van der Waals surface area contributed by atoms with Crippen LogP contribution in [-0.4, -0.2) is 43.9 Å². The molecule has 0 aliphatic heterocycles. The van der Waals surface area contributed by atoms with Crippen LogP contribution in [0.5, 0.6) is 5.75 Å². The molecule has 0 amide bonds. The van der Waals surface area contributed by atoms with Crippen LogP contribution < -0.4 is 4.74 Å². The lowest BCUT2D eigenvalue weighted by Gasteiger charge is -2.12. The second-order valence-corrected chi connectivity index (χ2v) is 3.96. The highest BCUT2D eigenvalue weighted by Crippen LogP contribution is 2.12. The molecule has 0 aliphatic carbocycles. The molecular formula is C13H19NO2. The van der Waals surface area contributed by atoms with Crippen molar-refractivity contribution in [3.8, 4) is 5.75 Å². The van der Waals surface area contributed by atoms with E-state index in [1.165, 1.54) is 0 Å². The monoisotopic (exact) mass is 221 g/mol. The average Bonchev–Trinajstić information content (AvgIpc) is 2.26. The zero-order valence-electron chi connectivity index (χ0n) is 10.1. The van der Waals surface area contributed by atoms with Gasteiger partial charge in [-0.15, -0.1) is 0 Å². The van der Waals surface area contributed by atoms with E-state index in [0.717, 1.165) is 11.3 Å². The molecule has 3 nitrogen and oxygen atoms in total. The summed E-state index contributed by atoms with van der Waals surface area (Å²) < 4.78 is 5.07. The van der Waals surface area contributed by atoms with Gasteiger partial charge in [-0.1, -0.05) is 24.3 Å². The summed E-state index contributed by atoms with van der Waals surface area (Å²) in [5, 5.41) is 9.63. The van der Waals surface area contributed by atoms with Crippen LogP contribution in [0.4, 0.5) is 0 Å². The molecule has 88 valence electrons. The van der Waals surface area contributed by atoms with E-state index in [0.29, 0.717) is 6.54 Å². The Morgan fingerprint density at radius 2 is 1.94 bits per heavy atom. The number of likely N-dealkylation sites (N-methyl/N-ethyl adjacent to an activating group) is 1. The first-order valence-electron chi connectivity index (χ1n) is 5.27. The minimum absolute atomic E-state index is 0.433. The van der Waals surface area contributed by atoms with E-state index in [9.17, 15) is 5.11 Å². The number of benzene rings is 1. The van der Waals surface area contributed by atoms with Crippen LogP contribution in [-0.2, 0) is 0 Å². The maximum absolute atomic E-state index is 9.63. The molecule has 0 bridgehead atoms. The van der Waals surface area contributed by atoms with Crippen molar-refractivity contribution in [3.63, 3.8) is 0 Å². The Bertz CT molecular complexity index is 330. The zero-order valence-corrected chi connectivity index (χ0v) is 10.1. The third kappa shape index (κ3) is 4.47. The molecule has 1 unspecified atom stereocenters. The number of nitrogens with zero attached hydrogens (tertiary/aromatic N) is 1. The van der Waals surface area contributed by atoms with Crippen LogP contribution in [0.2, 0.25) is 0 Å². The van der Waals surface area contributed by atoms with Gasteiger partial charge in [0.05, 0.1) is 13.2 Å². The molecule has 0 spiro atoms. The third-order valence-corrected chi connectivity index (χ3v) is 2.18. The van der Waals surface area contributed by atoms with Gasteiger partial charge >= 0.3 is 0 Å². The van der Waals surface area contributed by atoms with E-state index in [2.05, 4.69) is 0 Å². The number of hydrogen-bond donors (Lipinski definition) is 1. The van der Waals surface area contributed by atoms with Gasteiger partial charge in [0.1, 0.15) is 5.75 Å². The summed E-state index contributed by atoms with van der Waals surface area (Å²) in [5.74, 6) is 0.839. The molecule has 0 fully saturated rings. The van der Waals surface area contributed by atoms with Crippen LogP contribution >= 0.6 is 0 Å². The first-order valence-corrected chi connectivity index (χ1v) is 5.27. The molecular weight excluding hydrogens is 202 g/mol. The van der Waals surface area contributed by atoms with E-state index in [-0.39, 0.29) is 0 Å². The average molecular weight is 221 g/mol. The lowest BCUT2D eigenvalue weighted by Crippen LogP contribution is -2.23. The molecule has 16 heavy (non-hydrogen) atoms.